The molecule has 7 aromatic rings. The number of hydrogen-bond acceptors (Lipinski definition) is 9. The molecule has 11 rings (SSSR count). The first kappa shape index (κ1) is 29.5. The summed E-state index contributed by atoms with van der Waals surface area (Å²) in [5, 5.41) is 3.38. The van der Waals surface area contributed by atoms with Crippen LogP contribution in [0, 0.1) is 0 Å². The van der Waals surface area contributed by atoms with Crippen LogP contribution in [-0.4, -0.2) is 40.4 Å². The summed E-state index contributed by atoms with van der Waals surface area (Å²) in [6.07, 6.45) is 0. The first-order chi connectivity index (χ1) is 26.0. The van der Waals surface area contributed by atoms with Crippen LogP contribution in [0.25, 0.3) is 21.5 Å². The van der Waals surface area contributed by atoms with E-state index in [0.717, 1.165) is 54.9 Å². The molecule has 0 aliphatic carbocycles. The predicted octanol–water partition coefficient (Wildman–Crippen LogP) is 3.79. The Balaban J connectivity index is 1.32. The van der Waals surface area contributed by atoms with E-state index in [1.54, 1.807) is 7.11 Å². The molecule has 0 spiro atoms. The molecule has 0 amide bonds. The van der Waals surface area contributed by atoms with Crippen molar-refractivity contribution >= 4 is 44.9 Å². The number of hydrogen-bond donors (Lipinski definition) is 3. The van der Waals surface area contributed by atoms with Crippen LogP contribution < -0.4 is 27.7 Å². The SMILES string of the molecule is COC12N=C(N=c3[nH]/c(c4ccccc34)=N\C3(/N=C4\N=C(N)c5ccccc54)N=C(N=c4[nH]/c(c5ccccc45)=N\1)c1ccccc13)c1ccccc12. The highest BCUT2D eigenvalue weighted by atomic mass is 16.5. The number of nitrogens with one attached hydrogen (secondary N) is 2. The molecule has 2 aromatic heterocycles. The predicted molar refractivity (Wildman–Crippen MR) is 201 cm³/mol. The number of nitrogens with two attached hydrogens (primary N) is 1. The average Bonchev–Trinajstić information content (AvgIpc) is 3.97. The van der Waals surface area contributed by atoms with Gasteiger partial charge >= 0.3 is 0 Å². The van der Waals surface area contributed by atoms with E-state index in [-0.39, 0.29) is 0 Å². The molecular formula is C41H27N11O. The van der Waals surface area contributed by atoms with E-state index in [1.807, 2.05) is 121 Å². The summed E-state index contributed by atoms with van der Waals surface area (Å²) in [6.45, 7) is 0. The number of aromatic nitrogens is 2. The van der Waals surface area contributed by atoms with Gasteiger partial charge in [-0.2, -0.15) is 0 Å². The highest BCUT2D eigenvalue weighted by molar-refractivity contribution is 6.22. The van der Waals surface area contributed by atoms with Crippen molar-refractivity contribution < 1.29 is 4.74 Å². The highest BCUT2D eigenvalue weighted by Gasteiger charge is 2.43. The fraction of sp³-hybridized carbons (Fsp3) is 0.0732. The van der Waals surface area contributed by atoms with Gasteiger partial charge in [0.2, 0.25) is 0 Å². The number of H-pyrrole nitrogens is 2. The summed E-state index contributed by atoms with van der Waals surface area (Å²) in [5.41, 5.74) is 13.3. The first-order valence-electron chi connectivity index (χ1n) is 17.1. The van der Waals surface area contributed by atoms with Crippen LogP contribution in [0.15, 0.2) is 161 Å². The van der Waals surface area contributed by atoms with E-state index in [1.165, 1.54) is 0 Å². The molecule has 0 radical (unpaired) electrons. The second-order valence-electron chi connectivity index (χ2n) is 13.1. The zero-order valence-corrected chi connectivity index (χ0v) is 28.1. The quantitative estimate of drug-likeness (QED) is 0.252. The van der Waals surface area contributed by atoms with E-state index >= 15 is 0 Å². The van der Waals surface area contributed by atoms with Crippen LogP contribution in [0.2, 0.25) is 0 Å². The van der Waals surface area contributed by atoms with Crippen molar-refractivity contribution in [1.29, 1.82) is 0 Å². The van der Waals surface area contributed by atoms with E-state index in [0.29, 0.717) is 45.3 Å². The monoisotopic (exact) mass is 689 g/mol. The molecule has 12 nitrogen and oxygen atoms in total. The summed E-state index contributed by atoms with van der Waals surface area (Å²) in [6, 6.07) is 39.4. The molecule has 53 heavy (non-hydrogen) atoms. The number of amidine groups is 4. The summed E-state index contributed by atoms with van der Waals surface area (Å²) in [4.78, 5) is 48.3. The summed E-state index contributed by atoms with van der Waals surface area (Å²) in [5.74, 6) is -1.23. The third-order valence-corrected chi connectivity index (χ3v) is 10.1. The molecule has 2 unspecified atom stereocenters. The van der Waals surface area contributed by atoms with Gasteiger partial charge in [-0.15, -0.1) is 0 Å². The second kappa shape index (κ2) is 10.7. The van der Waals surface area contributed by atoms with Crippen molar-refractivity contribution in [3.63, 3.8) is 0 Å². The molecule has 5 aromatic carbocycles. The smallest absolute Gasteiger partial charge is 0.288 e. The van der Waals surface area contributed by atoms with Gasteiger partial charge in [0.25, 0.3) is 11.6 Å². The van der Waals surface area contributed by atoms with Gasteiger partial charge in [0.1, 0.15) is 27.8 Å². The molecule has 2 atom stereocenters. The molecule has 0 fully saturated rings. The Morgan fingerprint density at radius 2 is 1.00 bits per heavy atom. The molecule has 0 saturated carbocycles. The third-order valence-electron chi connectivity index (χ3n) is 10.1. The zero-order valence-electron chi connectivity index (χ0n) is 28.1. The lowest BCUT2D eigenvalue weighted by Crippen LogP contribution is -2.26. The van der Waals surface area contributed by atoms with E-state index in [2.05, 4.69) is 9.97 Å². The molecule has 4 N–H and O–H groups in total. The molecule has 4 aliphatic rings. The fourth-order valence-corrected chi connectivity index (χ4v) is 7.64. The molecule has 0 saturated heterocycles. The van der Waals surface area contributed by atoms with Gasteiger partial charge < -0.3 is 20.4 Å². The van der Waals surface area contributed by atoms with Crippen LogP contribution in [0.5, 0.6) is 0 Å². The maximum absolute atomic E-state index is 6.43. The summed E-state index contributed by atoms with van der Waals surface area (Å²) in [7, 11) is 1.61. The van der Waals surface area contributed by atoms with Crippen LogP contribution >= 0.6 is 0 Å². The second-order valence-corrected chi connectivity index (χ2v) is 13.1. The van der Waals surface area contributed by atoms with E-state index < -0.39 is 11.6 Å². The van der Waals surface area contributed by atoms with Crippen molar-refractivity contribution in [3.05, 3.63) is 177 Å². The Bertz CT molecular complexity index is 3150. The minimum absolute atomic E-state index is 0.384. The zero-order chi connectivity index (χ0) is 35.3. The topological polar surface area (TPSA) is 166 Å². The van der Waals surface area contributed by atoms with Gasteiger partial charge in [-0.05, 0) is 0 Å². The van der Waals surface area contributed by atoms with Gasteiger partial charge in [-0.25, -0.2) is 39.9 Å². The largest absolute Gasteiger partial charge is 0.383 e. The number of methoxy groups -OCH3 is 1. The summed E-state index contributed by atoms with van der Waals surface area (Å²) < 4.78 is 6.19. The van der Waals surface area contributed by atoms with Gasteiger partial charge in [0, 0.05) is 62.0 Å². The Morgan fingerprint density at radius 1 is 0.509 bits per heavy atom. The molecule has 252 valence electrons. The van der Waals surface area contributed by atoms with Crippen LogP contribution in [0.1, 0.15) is 33.4 Å². The molecule has 4 aliphatic heterocycles. The van der Waals surface area contributed by atoms with Crippen molar-refractivity contribution in [2.75, 3.05) is 7.11 Å². The number of benzene rings is 5. The first-order valence-corrected chi connectivity index (χ1v) is 17.1. The van der Waals surface area contributed by atoms with Crippen molar-refractivity contribution in [3.8, 4) is 0 Å². The fourth-order valence-electron chi connectivity index (χ4n) is 7.64. The number of aromatic amines is 2. The number of ether oxygens (including phenoxy) is 1. The third kappa shape index (κ3) is 4.20. The standard InChI is InChI=1S/C41H27N11O/c1-53-41-31-21-11-9-19-29(31)39(52-41)47-33-24-14-4-6-16-26(24)36(44-33)49-40(48-35-23-13-3-2-12-22(23)32(42)43-35)30-20-10-8-18-28(30)38(50-40)46-34-25-15-5-7-17-27(25)37(45-34)51-41/h2-21H,1H3,(H2,42,43,48)(H,44,47,49,52)(H,45,46,50,51). The molecule has 12 heteroatoms. The Kier molecular flexibility index (Phi) is 5.95. The minimum atomic E-state index is -1.54. The highest BCUT2D eigenvalue weighted by Crippen LogP contribution is 2.40. The minimum Gasteiger partial charge on any atom is -0.383 e. The average molecular weight is 690 g/mol. The maximum Gasteiger partial charge on any atom is 0.288 e. The Labute approximate surface area is 300 Å². The lowest BCUT2D eigenvalue weighted by Gasteiger charge is -2.20. The van der Waals surface area contributed by atoms with Gasteiger partial charge in [0.05, 0.1) is 0 Å². The number of aliphatic imine (C=N–C) groups is 4. The summed E-state index contributed by atoms with van der Waals surface area (Å²) >= 11 is 0. The molecular weight excluding hydrogens is 663 g/mol. The number of fused-ring (bicyclic) bond motifs is 19. The molecule has 8 bridgehead atoms. The van der Waals surface area contributed by atoms with Crippen LogP contribution in [0.4, 0.5) is 0 Å². The lowest BCUT2D eigenvalue weighted by molar-refractivity contribution is 0.000363. The van der Waals surface area contributed by atoms with E-state index in [9.17, 15) is 0 Å². The van der Waals surface area contributed by atoms with E-state index in [4.69, 9.17) is 50.4 Å². The van der Waals surface area contributed by atoms with Crippen LogP contribution in [0.3, 0.4) is 0 Å². The van der Waals surface area contributed by atoms with Gasteiger partial charge in [-0.1, -0.05) is 121 Å². The van der Waals surface area contributed by atoms with Gasteiger partial charge in [-0.3, -0.25) is 0 Å². The lowest BCUT2D eigenvalue weighted by atomic mass is 10.0. The van der Waals surface area contributed by atoms with Crippen molar-refractivity contribution in [1.82, 2.24) is 9.97 Å². The van der Waals surface area contributed by atoms with Crippen molar-refractivity contribution in [2.24, 2.45) is 45.7 Å². The molecule has 6 heterocycles. The van der Waals surface area contributed by atoms with Crippen molar-refractivity contribution in [2.45, 2.75) is 11.6 Å². The Hall–Kier alpha value is -7.18. The van der Waals surface area contributed by atoms with Crippen LogP contribution in [-0.2, 0) is 16.4 Å². The number of nitrogens with zero attached hydrogens (tertiary/aromatic N) is 8. The Morgan fingerprint density at radius 3 is 1.64 bits per heavy atom. The van der Waals surface area contributed by atoms with Gasteiger partial charge in [0.15, 0.2) is 17.5 Å². The normalized spacial score (nSPS) is 22.7. The maximum atomic E-state index is 6.43. The number of rotatable bonds is 2.